The van der Waals surface area contributed by atoms with Crippen molar-refractivity contribution in [2.45, 2.75) is 51.5 Å². The monoisotopic (exact) mass is 597 g/mol. The number of nitrogens with zero attached hydrogens (tertiary/aromatic N) is 2. The molecule has 0 spiro atoms. The zero-order valence-corrected chi connectivity index (χ0v) is 25.4. The van der Waals surface area contributed by atoms with Gasteiger partial charge in [-0.15, -0.1) is 0 Å². The number of hydrogen-bond donors (Lipinski definition) is 1. The lowest BCUT2D eigenvalue weighted by Gasteiger charge is -2.33. The zero-order chi connectivity index (χ0) is 30.7. The first-order chi connectivity index (χ1) is 20.1. The molecule has 0 saturated carbocycles. The smallest absolute Gasteiger partial charge is 0.264 e. The highest BCUT2D eigenvalue weighted by Crippen LogP contribution is 2.27. The molecule has 0 radical (unpaired) electrons. The van der Waals surface area contributed by atoms with Crippen LogP contribution in [0.1, 0.15) is 39.7 Å². The minimum atomic E-state index is -4.29. The number of amides is 2. The summed E-state index contributed by atoms with van der Waals surface area (Å²) in [4.78, 5) is 28.6. The third kappa shape index (κ3) is 8.79. The van der Waals surface area contributed by atoms with Gasteiger partial charge in [-0.25, -0.2) is 12.8 Å². The minimum Gasteiger partial charge on any atom is -0.494 e. The van der Waals surface area contributed by atoms with Crippen molar-refractivity contribution in [3.63, 3.8) is 0 Å². The predicted octanol–water partition coefficient (Wildman–Crippen LogP) is 5.04. The van der Waals surface area contributed by atoms with Crippen molar-refractivity contribution in [3.05, 3.63) is 90.2 Å². The second-order valence-corrected chi connectivity index (χ2v) is 12.1. The van der Waals surface area contributed by atoms with Crippen LogP contribution >= 0.6 is 0 Å². The van der Waals surface area contributed by atoms with Gasteiger partial charge < -0.3 is 15.0 Å². The van der Waals surface area contributed by atoms with Gasteiger partial charge in [-0.1, -0.05) is 51.1 Å². The van der Waals surface area contributed by atoms with E-state index < -0.39 is 34.3 Å². The molecule has 3 aromatic carbocycles. The summed E-state index contributed by atoms with van der Waals surface area (Å²) in [6.45, 7) is 8.16. The standard InChI is InChI=1S/C32H40FN3O5S/c1-5-30(32(38)34-22-24(3)4)35(21-20-25-10-8-7-9-11-25)31(37)23-36(27-14-16-28(17-15-27)41-6-2)42(39,40)29-18-12-26(33)13-19-29/h7-19,24,30H,5-6,20-23H2,1-4H3,(H,34,38). The van der Waals surface area contributed by atoms with Crippen LogP contribution in [0.15, 0.2) is 83.8 Å². The Morgan fingerprint density at radius 1 is 0.929 bits per heavy atom. The number of sulfonamides is 1. The van der Waals surface area contributed by atoms with Crippen LogP contribution in [0.2, 0.25) is 0 Å². The first-order valence-corrected chi connectivity index (χ1v) is 15.6. The molecule has 1 atom stereocenters. The molecule has 3 aromatic rings. The third-order valence-corrected chi connectivity index (χ3v) is 8.46. The Morgan fingerprint density at radius 3 is 2.14 bits per heavy atom. The maximum atomic E-state index is 14.0. The van der Waals surface area contributed by atoms with Gasteiger partial charge in [0, 0.05) is 13.1 Å². The van der Waals surface area contributed by atoms with Crippen LogP contribution < -0.4 is 14.4 Å². The molecule has 0 heterocycles. The molecule has 3 rings (SSSR count). The lowest BCUT2D eigenvalue weighted by Crippen LogP contribution is -2.53. The summed E-state index contributed by atoms with van der Waals surface area (Å²) in [7, 11) is -4.29. The van der Waals surface area contributed by atoms with Gasteiger partial charge in [-0.3, -0.25) is 13.9 Å². The molecule has 1 unspecified atom stereocenters. The van der Waals surface area contributed by atoms with Crippen molar-refractivity contribution in [1.29, 1.82) is 0 Å². The van der Waals surface area contributed by atoms with Crippen LogP contribution in [0.4, 0.5) is 10.1 Å². The van der Waals surface area contributed by atoms with Crippen LogP contribution in [-0.4, -0.2) is 57.4 Å². The van der Waals surface area contributed by atoms with Crippen LogP contribution in [0.3, 0.4) is 0 Å². The quantitative estimate of drug-likeness (QED) is 0.265. The molecule has 1 N–H and O–H groups in total. The average molecular weight is 598 g/mol. The van der Waals surface area contributed by atoms with Crippen molar-refractivity contribution in [2.24, 2.45) is 5.92 Å². The number of halogens is 1. The van der Waals surface area contributed by atoms with Crippen molar-refractivity contribution < 1.29 is 27.1 Å². The molecule has 0 aromatic heterocycles. The number of anilines is 1. The molecule has 0 saturated heterocycles. The molecular formula is C32H40FN3O5S. The zero-order valence-electron chi connectivity index (χ0n) is 24.6. The molecular weight excluding hydrogens is 557 g/mol. The molecule has 0 aliphatic carbocycles. The van der Waals surface area contributed by atoms with E-state index in [9.17, 15) is 22.4 Å². The number of benzene rings is 3. The molecule has 10 heteroatoms. The Bertz CT molecular complexity index is 1400. The summed E-state index contributed by atoms with van der Waals surface area (Å²) >= 11 is 0. The van der Waals surface area contributed by atoms with Crippen molar-refractivity contribution in [3.8, 4) is 5.75 Å². The number of nitrogens with one attached hydrogen (secondary N) is 1. The van der Waals surface area contributed by atoms with Crippen LogP contribution in [-0.2, 0) is 26.0 Å². The number of carbonyl (C=O) groups excluding carboxylic acids is 2. The van der Waals surface area contributed by atoms with Crippen molar-refractivity contribution in [1.82, 2.24) is 10.2 Å². The summed E-state index contributed by atoms with van der Waals surface area (Å²) in [5.41, 5.74) is 1.21. The Labute approximate surface area is 248 Å². The van der Waals surface area contributed by atoms with E-state index in [2.05, 4.69) is 5.32 Å². The van der Waals surface area contributed by atoms with Crippen molar-refractivity contribution >= 4 is 27.5 Å². The summed E-state index contributed by atoms with van der Waals surface area (Å²) in [6, 6.07) is 19.6. The van der Waals surface area contributed by atoms with Gasteiger partial charge in [-0.2, -0.15) is 0 Å². The van der Waals surface area contributed by atoms with Gasteiger partial charge in [0.25, 0.3) is 10.0 Å². The third-order valence-electron chi connectivity index (χ3n) is 6.67. The molecule has 8 nitrogen and oxygen atoms in total. The topological polar surface area (TPSA) is 96.0 Å². The van der Waals surface area contributed by atoms with E-state index in [1.54, 1.807) is 24.3 Å². The Morgan fingerprint density at radius 2 is 1.57 bits per heavy atom. The van der Waals surface area contributed by atoms with Gasteiger partial charge in [0.2, 0.25) is 11.8 Å². The molecule has 0 bridgehead atoms. The van der Waals surface area contributed by atoms with Gasteiger partial charge in [0.15, 0.2) is 0 Å². The van der Waals surface area contributed by atoms with Gasteiger partial charge in [0.1, 0.15) is 24.2 Å². The van der Waals surface area contributed by atoms with Gasteiger partial charge >= 0.3 is 0 Å². The average Bonchev–Trinajstić information content (AvgIpc) is 2.98. The highest BCUT2D eigenvalue weighted by Gasteiger charge is 2.33. The maximum absolute atomic E-state index is 14.0. The second kappa shape index (κ2) is 15.3. The second-order valence-electron chi connectivity index (χ2n) is 10.3. The van der Waals surface area contributed by atoms with Crippen molar-refractivity contribution in [2.75, 3.05) is 30.5 Å². The number of carbonyl (C=O) groups is 2. The fourth-order valence-corrected chi connectivity index (χ4v) is 5.87. The van der Waals surface area contributed by atoms with Crippen LogP contribution in [0.25, 0.3) is 0 Å². The molecule has 42 heavy (non-hydrogen) atoms. The molecule has 0 aliphatic heterocycles. The SMILES string of the molecule is CCOc1ccc(N(CC(=O)N(CCc2ccccc2)C(CC)C(=O)NCC(C)C)S(=O)(=O)c2ccc(F)cc2)cc1. The first kappa shape index (κ1) is 32.6. The lowest BCUT2D eigenvalue weighted by atomic mass is 10.1. The largest absolute Gasteiger partial charge is 0.494 e. The minimum absolute atomic E-state index is 0.164. The number of hydrogen-bond acceptors (Lipinski definition) is 5. The first-order valence-electron chi connectivity index (χ1n) is 14.2. The van der Waals surface area contributed by atoms with Crippen LogP contribution in [0.5, 0.6) is 5.75 Å². The predicted molar refractivity (Wildman–Crippen MR) is 162 cm³/mol. The van der Waals surface area contributed by atoms with E-state index in [4.69, 9.17) is 4.74 Å². The fraction of sp³-hybridized carbons (Fsp3) is 0.375. The Balaban J connectivity index is 2.00. The summed E-state index contributed by atoms with van der Waals surface area (Å²) in [5.74, 6) is -0.637. The summed E-state index contributed by atoms with van der Waals surface area (Å²) < 4.78 is 47.9. The van der Waals surface area contributed by atoms with E-state index in [-0.39, 0.29) is 29.0 Å². The molecule has 226 valence electrons. The Kier molecular flexibility index (Phi) is 11.9. The van der Waals surface area contributed by atoms with E-state index in [0.29, 0.717) is 31.7 Å². The van der Waals surface area contributed by atoms with Gasteiger partial charge in [-0.05, 0) is 79.8 Å². The number of rotatable bonds is 15. The van der Waals surface area contributed by atoms with E-state index in [1.807, 2.05) is 58.0 Å². The molecule has 2 amide bonds. The fourth-order valence-electron chi connectivity index (χ4n) is 4.46. The summed E-state index contributed by atoms with van der Waals surface area (Å²) in [6.07, 6.45) is 0.826. The normalized spacial score (nSPS) is 12.0. The van der Waals surface area contributed by atoms with Gasteiger partial charge in [0.05, 0.1) is 17.2 Å². The van der Waals surface area contributed by atoms with Crippen LogP contribution in [0, 0.1) is 11.7 Å². The van der Waals surface area contributed by atoms with E-state index in [0.717, 1.165) is 34.1 Å². The molecule has 0 fully saturated rings. The van der Waals surface area contributed by atoms with E-state index >= 15 is 0 Å². The lowest BCUT2D eigenvalue weighted by molar-refractivity contribution is -0.139. The summed E-state index contributed by atoms with van der Waals surface area (Å²) in [5, 5.41) is 2.92. The van der Waals surface area contributed by atoms with E-state index in [1.165, 1.54) is 4.90 Å². The highest BCUT2D eigenvalue weighted by molar-refractivity contribution is 7.92. The Hall–Kier alpha value is -3.92. The highest BCUT2D eigenvalue weighted by atomic mass is 32.2. The molecule has 0 aliphatic rings. The maximum Gasteiger partial charge on any atom is 0.264 e. The number of ether oxygens (including phenoxy) is 1.